The van der Waals surface area contributed by atoms with Gasteiger partial charge in [0.2, 0.25) is 0 Å². The molecule has 2 N–H and O–H groups in total. The minimum absolute atomic E-state index is 0.332. The Hall–Kier alpha value is -0.350. The molecule has 0 heterocycles. The first-order valence-electron chi connectivity index (χ1n) is 8.33. The molecule has 4 aliphatic carbocycles. The minimum atomic E-state index is 0.332. The van der Waals surface area contributed by atoms with E-state index in [9.17, 15) is 0 Å². The molecule has 4 bridgehead atoms. The highest BCUT2D eigenvalue weighted by Crippen LogP contribution is 2.55. The molecule has 114 valence electrons. The molecule has 0 aliphatic heterocycles. The molecule has 4 fully saturated rings. The van der Waals surface area contributed by atoms with Gasteiger partial charge in [0.1, 0.15) is 0 Å². The van der Waals surface area contributed by atoms with Crippen molar-refractivity contribution in [3.05, 3.63) is 0 Å². The van der Waals surface area contributed by atoms with Crippen LogP contribution in [0.1, 0.15) is 51.9 Å². The molecule has 3 nitrogen and oxygen atoms in total. The van der Waals surface area contributed by atoms with Gasteiger partial charge < -0.3 is 15.4 Å². The van der Waals surface area contributed by atoms with Crippen molar-refractivity contribution in [3.63, 3.8) is 0 Å². The van der Waals surface area contributed by atoms with E-state index in [1.54, 1.807) is 0 Å². The number of ether oxygens (including phenoxy) is 1. The second kappa shape index (κ2) is 6.18. The molecule has 4 aliphatic rings. The highest BCUT2D eigenvalue weighted by atomic mass is 32.1. The van der Waals surface area contributed by atoms with Crippen LogP contribution in [0.25, 0.3) is 0 Å². The Kier molecular flexibility index (Phi) is 4.51. The van der Waals surface area contributed by atoms with Crippen molar-refractivity contribution >= 4 is 17.3 Å². The summed E-state index contributed by atoms with van der Waals surface area (Å²) in [7, 11) is 0. The van der Waals surface area contributed by atoms with Crippen molar-refractivity contribution in [2.75, 3.05) is 19.8 Å². The third-order valence-corrected chi connectivity index (χ3v) is 5.62. The topological polar surface area (TPSA) is 33.3 Å². The van der Waals surface area contributed by atoms with Gasteiger partial charge in [0.25, 0.3) is 0 Å². The number of rotatable bonds is 6. The summed E-state index contributed by atoms with van der Waals surface area (Å²) in [6.07, 6.45) is 9.51. The molecule has 4 saturated carbocycles. The van der Waals surface area contributed by atoms with E-state index in [0.717, 1.165) is 49.0 Å². The number of nitrogens with one attached hydrogen (secondary N) is 2. The minimum Gasteiger partial charge on any atom is -0.382 e. The number of thiocarbonyl (C=S) groups is 1. The van der Waals surface area contributed by atoms with Crippen LogP contribution in [0.2, 0.25) is 0 Å². The van der Waals surface area contributed by atoms with Crippen LogP contribution in [0, 0.1) is 17.8 Å². The van der Waals surface area contributed by atoms with Gasteiger partial charge in [0, 0.05) is 25.3 Å². The molecule has 0 radical (unpaired) electrons. The van der Waals surface area contributed by atoms with Crippen molar-refractivity contribution in [1.29, 1.82) is 0 Å². The van der Waals surface area contributed by atoms with E-state index in [2.05, 4.69) is 10.6 Å². The average molecular weight is 296 g/mol. The van der Waals surface area contributed by atoms with Crippen LogP contribution >= 0.6 is 12.2 Å². The van der Waals surface area contributed by atoms with E-state index in [0.29, 0.717) is 5.54 Å². The highest BCUT2D eigenvalue weighted by Gasteiger charge is 2.51. The largest absolute Gasteiger partial charge is 0.382 e. The standard InChI is InChI=1S/C16H28N2OS/c1-2-19-5-3-4-17-15(20)18-16-9-12-6-13(10-16)8-14(7-12)11-16/h12-14H,2-11H2,1H3,(H2,17,18,20). The van der Waals surface area contributed by atoms with Crippen molar-refractivity contribution < 1.29 is 4.74 Å². The predicted molar refractivity (Wildman–Crippen MR) is 85.7 cm³/mol. The van der Waals surface area contributed by atoms with Crippen LogP contribution < -0.4 is 10.6 Å². The van der Waals surface area contributed by atoms with Crippen LogP contribution in [0.3, 0.4) is 0 Å². The molecule has 0 aromatic rings. The maximum absolute atomic E-state index is 5.50. The van der Waals surface area contributed by atoms with Crippen LogP contribution in [0.15, 0.2) is 0 Å². The monoisotopic (exact) mass is 296 g/mol. The molecule has 4 rings (SSSR count). The lowest BCUT2D eigenvalue weighted by Crippen LogP contribution is -2.61. The van der Waals surface area contributed by atoms with Gasteiger partial charge in [-0.3, -0.25) is 0 Å². The van der Waals surface area contributed by atoms with Gasteiger partial charge in [-0.05, 0) is 81.8 Å². The van der Waals surface area contributed by atoms with Gasteiger partial charge in [0.15, 0.2) is 5.11 Å². The molecule has 0 amide bonds. The van der Waals surface area contributed by atoms with Crippen molar-refractivity contribution in [3.8, 4) is 0 Å². The molecular formula is C16H28N2OS. The first-order valence-corrected chi connectivity index (χ1v) is 8.74. The van der Waals surface area contributed by atoms with E-state index in [4.69, 9.17) is 17.0 Å². The Balaban J connectivity index is 1.44. The van der Waals surface area contributed by atoms with Crippen molar-refractivity contribution in [2.24, 2.45) is 17.8 Å². The summed E-state index contributed by atoms with van der Waals surface area (Å²) in [5, 5.41) is 7.92. The van der Waals surface area contributed by atoms with Crippen LogP contribution in [0.5, 0.6) is 0 Å². The number of hydrogen-bond donors (Lipinski definition) is 2. The summed E-state index contributed by atoms with van der Waals surface area (Å²) < 4.78 is 5.35. The third-order valence-electron chi connectivity index (χ3n) is 5.37. The third kappa shape index (κ3) is 3.28. The zero-order chi connectivity index (χ0) is 14.0. The van der Waals surface area contributed by atoms with E-state index in [1.807, 2.05) is 6.92 Å². The molecule has 0 aromatic carbocycles. The maximum Gasteiger partial charge on any atom is 0.166 e. The summed E-state index contributed by atoms with van der Waals surface area (Å²) in [5.41, 5.74) is 0.332. The second-order valence-corrected chi connectivity index (χ2v) is 7.54. The lowest BCUT2D eigenvalue weighted by atomic mass is 9.53. The Morgan fingerprint density at radius 3 is 2.30 bits per heavy atom. The zero-order valence-electron chi connectivity index (χ0n) is 12.6. The van der Waals surface area contributed by atoms with Gasteiger partial charge in [-0.15, -0.1) is 0 Å². The van der Waals surface area contributed by atoms with E-state index in [1.165, 1.54) is 38.5 Å². The van der Waals surface area contributed by atoms with Crippen molar-refractivity contribution in [2.45, 2.75) is 57.4 Å². The van der Waals surface area contributed by atoms with Gasteiger partial charge in [-0.25, -0.2) is 0 Å². The molecule has 0 saturated heterocycles. The Morgan fingerprint density at radius 1 is 1.15 bits per heavy atom. The summed E-state index contributed by atoms with van der Waals surface area (Å²) >= 11 is 5.50. The van der Waals surface area contributed by atoms with Crippen LogP contribution in [-0.4, -0.2) is 30.4 Å². The Bertz CT molecular complexity index is 323. The van der Waals surface area contributed by atoms with E-state index >= 15 is 0 Å². The van der Waals surface area contributed by atoms with E-state index in [-0.39, 0.29) is 0 Å². The fourth-order valence-electron chi connectivity index (χ4n) is 5.07. The van der Waals surface area contributed by atoms with Gasteiger partial charge in [0.05, 0.1) is 0 Å². The summed E-state index contributed by atoms with van der Waals surface area (Å²) in [6, 6.07) is 0. The summed E-state index contributed by atoms with van der Waals surface area (Å²) in [4.78, 5) is 0. The molecule has 4 heteroatoms. The predicted octanol–water partition coefficient (Wildman–Crippen LogP) is 2.85. The molecule has 20 heavy (non-hydrogen) atoms. The van der Waals surface area contributed by atoms with Crippen molar-refractivity contribution in [1.82, 2.24) is 10.6 Å². The Labute approximate surface area is 128 Å². The summed E-state index contributed by atoms with van der Waals surface area (Å²) in [5.74, 6) is 2.90. The molecule has 0 spiro atoms. The molecular weight excluding hydrogens is 268 g/mol. The SMILES string of the molecule is CCOCCCNC(=S)NC12CC3CC(CC(C3)C1)C2. The highest BCUT2D eigenvalue weighted by molar-refractivity contribution is 7.80. The second-order valence-electron chi connectivity index (χ2n) is 7.13. The van der Waals surface area contributed by atoms with E-state index < -0.39 is 0 Å². The average Bonchev–Trinajstić information content (AvgIpc) is 2.36. The fourth-order valence-corrected chi connectivity index (χ4v) is 5.39. The van der Waals surface area contributed by atoms with Gasteiger partial charge in [-0.2, -0.15) is 0 Å². The molecule has 0 atom stereocenters. The first kappa shape index (κ1) is 14.6. The van der Waals surface area contributed by atoms with Crippen LogP contribution in [-0.2, 0) is 4.74 Å². The van der Waals surface area contributed by atoms with Gasteiger partial charge >= 0.3 is 0 Å². The quantitative estimate of drug-likeness (QED) is 0.583. The Morgan fingerprint density at radius 2 is 1.75 bits per heavy atom. The fraction of sp³-hybridized carbons (Fsp3) is 0.938. The number of hydrogen-bond acceptors (Lipinski definition) is 2. The maximum atomic E-state index is 5.50. The van der Waals surface area contributed by atoms with Crippen LogP contribution in [0.4, 0.5) is 0 Å². The lowest BCUT2D eigenvalue weighted by Gasteiger charge is -2.57. The smallest absolute Gasteiger partial charge is 0.166 e. The summed E-state index contributed by atoms with van der Waals surface area (Å²) in [6.45, 7) is 4.57. The first-order chi connectivity index (χ1) is 9.69. The molecule has 0 unspecified atom stereocenters. The zero-order valence-corrected chi connectivity index (χ0v) is 13.4. The normalized spacial score (nSPS) is 38.0. The molecule has 0 aromatic heterocycles. The lowest BCUT2D eigenvalue weighted by molar-refractivity contribution is -0.0101. The van der Waals surface area contributed by atoms with Gasteiger partial charge in [-0.1, -0.05) is 0 Å².